The fourth-order valence-corrected chi connectivity index (χ4v) is 2.64. The maximum absolute atomic E-state index is 6.46. The van der Waals surface area contributed by atoms with Crippen molar-refractivity contribution < 1.29 is 4.74 Å². The van der Waals surface area contributed by atoms with E-state index < -0.39 is 0 Å². The van der Waals surface area contributed by atoms with Gasteiger partial charge >= 0.3 is 0 Å². The molecule has 1 aromatic rings. The molecule has 17 heavy (non-hydrogen) atoms. The Morgan fingerprint density at radius 3 is 2.41 bits per heavy atom. The van der Waals surface area contributed by atoms with E-state index in [2.05, 4.69) is 39.0 Å². The molecule has 1 aromatic carbocycles. The lowest BCUT2D eigenvalue weighted by molar-refractivity contribution is 0.240. The number of rotatable bonds is 3. The SMILES string of the molecule is Cc1cc(C2(N)CCCC2)ccc1OC(C)C. The molecule has 0 aromatic heterocycles. The van der Waals surface area contributed by atoms with E-state index in [1.165, 1.54) is 24.0 Å². The molecule has 2 nitrogen and oxygen atoms in total. The molecule has 1 saturated carbocycles. The lowest BCUT2D eigenvalue weighted by atomic mass is 9.88. The average Bonchev–Trinajstić information content (AvgIpc) is 2.69. The van der Waals surface area contributed by atoms with Gasteiger partial charge in [0, 0.05) is 5.54 Å². The first-order valence-corrected chi connectivity index (χ1v) is 6.58. The van der Waals surface area contributed by atoms with Crippen LogP contribution < -0.4 is 10.5 Å². The number of aryl methyl sites for hydroxylation is 1. The van der Waals surface area contributed by atoms with Gasteiger partial charge in [0.2, 0.25) is 0 Å². The van der Waals surface area contributed by atoms with Gasteiger partial charge in [-0.25, -0.2) is 0 Å². The van der Waals surface area contributed by atoms with Gasteiger partial charge in [0.05, 0.1) is 6.10 Å². The highest BCUT2D eigenvalue weighted by Crippen LogP contribution is 2.37. The van der Waals surface area contributed by atoms with Crippen LogP contribution in [0.3, 0.4) is 0 Å². The highest BCUT2D eigenvalue weighted by atomic mass is 16.5. The van der Waals surface area contributed by atoms with E-state index in [0.717, 1.165) is 18.6 Å². The molecule has 0 radical (unpaired) electrons. The molecule has 94 valence electrons. The topological polar surface area (TPSA) is 35.2 Å². The summed E-state index contributed by atoms with van der Waals surface area (Å²) in [5, 5.41) is 0. The zero-order valence-corrected chi connectivity index (χ0v) is 11.1. The number of hydrogen-bond donors (Lipinski definition) is 1. The Hall–Kier alpha value is -1.02. The zero-order chi connectivity index (χ0) is 12.5. The Bertz CT molecular complexity index is 392. The molecule has 0 aliphatic heterocycles. The first kappa shape index (κ1) is 12.4. The van der Waals surface area contributed by atoms with E-state index in [1.54, 1.807) is 0 Å². The fourth-order valence-electron chi connectivity index (χ4n) is 2.64. The zero-order valence-electron chi connectivity index (χ0n) is 11.1. The first-order chi connectivity index (χ1) is 8.01. The Balaban J connectivity index is 2.24. The lowest BCUT2D eigenvalue weighted by Crippen LogP contribution is -2.33. The van der Waals surface area contributed by atoms with Crippen LogP contribution in [0.25, 0.3) is 0 Å². The normalized spacial score (nSPS) is 18.6. The minimum absolute atomic E-state index is 0.0961. The third-order valence-electron chi connectivity index (χ3n) is 3.61. The van der Waals surface area contributed by atoms with E-state index in [9.17, 15) is 0 Å². The van der Waals surface area contributed by atoms with Gasteiger partial charge in [0.1, 0.15) is 5.75 Å². The highest BCUT2D eigenvalue weighted by Gasteiger charge is 2.31. The van der Waals surface area contributed by atoms with Crippen molar-refractivity contribution in [2.75, 3.05) is 0 Å². The van der Waals surface area contributed by atoms with Crippen molar-refractivity contribution in [3.63, 3.8) is 0 Å². The molecule has 0 bridgehead atoms. The molecule has 2 N–H and O–H groups in total. The smallest absolute Gasteiger partial charge is 0.122 e. The summed E-state index contributed by atoms with van der Waals surface area (Å²) in [5.74, 6) is 0.977. The van der Waals surface area contributed by atoms with Gasteiger partial charge in [0.15, 0.2) is 0 Å². The van der Waals surface area contributed by atoms with Gasteiger partial charge in [0.25, 0.3) is 0 Å². The van der Waals surface area contributed by atoms with Gasteiger partial charge in [-0.2, -0.15) is 0 Å². The average molecular weight is 233 g/mol. The summed E-state index contributed by atoms with van der Waals surface area (Å²) in [6.45, 7) is 6.20. The number of ether oxygens (including phenoxy) is 1. The third-order valence-corrected chi connectivity index (χ3v) is 3.61. The van der Waals surface area contributed by atoms with Gasteiger partial charge in [-0.15, -0.1) is 0 Å². The van der Waals surface area contributed by atoms with Crippen LogP contribution in [-0.2, 0) is 5.54 Å². The van der Waals surface area contributed by atoms with E-state index in [0.29, 0.717) is 0 Å². The van der Waals surface area contributed by atoms with Crippen LogP contribution in [0.2, 0.25) is 0 Å². The second kappa shape index (κ2) is 4.69. The quantitative estimate of drug-likeness (QED) is 0.867. The van der Waals surface area contributed by atoms with Gasteiger partial charge in [-0.3, -0.25) is 0 Å². The van der Waals surface area contributed by atoms with E-state index in [4.69, 9.17) is 10.5 Å². The Morgan fingerprint density at radius 1 is 1.24 bits per heavy atom. The van der Waals surface area contributed by atoms with Crippen LogP contribution >= 0.6 is 0 Å². The minimum atomic E-state index is -0.0961. The largest absolute Gasteiger partial charge is 0.491 e. The minimum Gasteiger partial charge on any atom is -0.491 e. The molecule has 1 fully saturated rings. The Kier molecular flexibility index (Phi) is 3.43. The lowest BCUT2D eigenvalue weighted by Gasteiger charge is -2.25. The molecular formula is C15H23NO. The van der Waals surface area contributed by atoms with Crippen molar-refractivity contribution in [2.24, 2.45) is 5.73 Å². The Morgan fingerprint density at radius 2 is 1.88 bits per heavy atom. The molecule has 0 amide bonds. The van der Waals surface area contributed by atoms with Gasteiger partial charge in [-0.1, -0.05) is 25.0 Å². The van der Waals surface area contributed by atoms with Crippen molar-refractivity contribution in [3.05, 3.63) is 29.3 Å². The maximum Gasteiger partial charge on any atom is 0.122 e. The molecule has 2 heteroatoms. The van der Waals surface area contributed by atoms with Gasteiger partial charge in [-0.05, 0) is 50.8 Å². The number of nitrogens with two attached hydrogens (primary N) is 1. The summed E-state index contributed by atoms with van der Waals surface area (Å²) >= 11 is 0. The van der Waals surface area contributed by atoms with Crippen molar-refractivity contribution >= 4 is 0 Å². The predicted octanol–water partition coefficient (Wildman–Crippen LogP) is 3.51. The summed E-state index contributed by atoms with van der Waals surface area (Å²) in [6, 6.07) is 6.40. The van der Waals surface area contributed by atoms with Gasteiger partial charge < -0.3 is 10.5 Å². The van der Waals surface area contributed by atoms with Crippen molar-refractivity contribution in [3.8, 4) is 5.75 Å². The Labute approximate surface area is 104 Å². The monoisotopic (exact) mass is 233 g/mol. The van der Waals surface area contributed by atoms with Crippen molar-refractivity contribution in [1.82, 2.24) is 0 Å². The molecule has 0 unspecified atom stereocenters. The molecule has 2 rings (SSSR count). The van der Waals surface area contributed by atoms with Crippen molar-refractivity contribution in [1.29, 1.82) is 0 Å². The highest BCUT2D eigenvalue weighted by molar-refractivity contribution is 5.39. The summed E-state index contributed by atoms with van der Waals surface area (Å²) in [5.41, 5.74) is 8.82. The second-order valence-electron chi connectivity index (χ2n) is 5.51. The van der Waals surface area contributed by atoms with Crippen LogP contribution in [0.4, 0.5) is 0 Å². The van der Waals surface area contributed by atoms with Crippen LogP contribution in [0.1, 0.15) is 50.7 Å². The fraction of sp³-hybridized carbons (Fsp3) is 0.600. The maximum atomic E-state index is 6.46. The molecule has 1 aliphatic carbocycles. The second-order valence-corrected chi connectivity index (χ2v) is 5.51. The molecular weight excluding hydrogens is 210 g/mol. The van der Waals surface area contributed by atoms with Crippen molar-refractivity contribution in [2.45, 2.75) is 58.1 Å². The number of hydrogen-bond acceptors (Lipinski definition) is 2. The summed E-state index contributed by atoms with van der Waals surface area (Å²) in [6.07, 6.45) is 4.94. The molecule has 0 heterocycles. The van der Waals surface area contributed by atoms with E-state index in [1.807, 2.05) is 0 Å². The van der Waals surface area contributed by atoms with E-state index in [-0.39, 0.29) is 11.6 Å². The van der Waals surface area contributed by atoms with E-state index >= 15 is 0 Å². The molecule has 1 aliphatic rings. The van der Waals surface area contributed by atoms with Crippen LogP contribution in [-0.4, -0.2) is 6.10 Å². The third kappa shape index (κ3) is 2.63. The first-order valence-electron chi connectivity index (χ1n) is 6.58. The molecule has 0 spiro atoms. The summed E-state index contributed by atoms with van der Waals surface area (Å²) in [4.78, 5) is 0. The summed E-state index contributed by atoms with van der Waals surface area (Å²) < 4.78 is 5.75. The molecule has 0 saturated heterocycles. The summed E-state index contributed by atoms with van der Waals surface area (Å²) in [7, 11) is 0. The standard InChI is InChI=1S/C15H23NO/c1-11(2)17-14-7-6-13(10-12(14)3)15(16)8-4-5-9-15/h6-7,10-11H,4-5,8-9,16H2,1-3H3. The number of benzene rings is 1. The van der Waals surface area contributed by atoms with Crippen LogP contribution in [0, 0.1) is 6.92 Å². The predicted molar refractivity (Wildman–Crippen MR) is 71.3 cm³/mol. The van der Waals surface area contributed by atoms with Crippen LogP contribution in [0.15, 0.2) is 18.2 Å². The van der Waals surface area contributed by atoms with Crippen LogP contribution in [0.5, 0.6) is 5.75 Å². The molecule has 0 atom stereocenters.